The summed E-state index contributed by atoms with van der Waals surface area (Å²) in [4.78, 5) is 12.0. The van der Waals surface area contributed by atoms with Crippen LogP contribution >= 0.6 is 12.2 Å². The van der Waals surface area contributed by atoms with Crippen LogP contribution < -0.4 is 5.32 Å². The van der Waals surface area contributed by atoms with Crippen LogP contribution in [-0.4, -0.2) is 20.7 Å². The number of hydrogen-bond acceptors (Lipinski definition) is 3. The zero-order valence-electron chi connectivity index (χ0n) is 10.9. The van der Waals surface area contributed by atoms with Crippen molar-refractivity contribution in [3.8, 4) is 0 Å². The van der Waals surface area contributed by atoms with Crippen LogP contribution in [-0.2, 0) is 13.1 Å². The van der Waals surface area contributed by atoms with Crippen LogP contribution in [0, 0.1) is 11.7 Å². The van der Waals surface area contributed by atoms with E-state index in [9.17, 15) is 4.79 Å². The molecule has 100 valence electrons. The Labute approximate surface area is 116 Å². The number of aromatic amines is 1. The molecule has 2 rings (SSSR count). The number of aryl methyl sites for hydroxylation is 1. The van der Waals surface area contributed by atoms with Gasteiger partial charge in [0.15, 0.2) is 10.6 Å². The number of rotatable bonds is 4. The average molecular weight is 276 g/mol. The van der Waals surface area contributed by atoms with E-state index in [0.717, 1.165) is 17.9 Å². The van der Waals surface area contributed by atoms with Crippen LogP contribution in [0.15, 0.2) is 24.3 Å². The molecule has 1 amide bonds. The Morgan fingerprint density at radius 2 is 2.32 bits per heavy atom. The van der Waals surface area contributed by atoms with Gasteiger partial charge in [-0.1, -0.05) is 17.7 Å². The molecule has 1 aromatic carbocycles. The average Bonchev–Trinajstić information content (AvgIpc) is 2.76. The van der Waals surface area contributed by atoms with Crippen LogP contribution in [0.25, 0.3) is 0 Å². The predicted octanol–water partition coefficient (Wildman–Crippen LogP) is 2.20. The number of amides is 1. The van der Waals surface area contributed by atoms with Gasteiger partial charge in [-0.15, -0.1) is 0 Å². The fourth-order valence-corrected chi connectivity index (χ4v) is 2.14. The molecule has 0 radical (unpaired) electrons. The van der Waals surface area contributed by atoms with E-state index in [1.807, 2.05) is 36.6 Å². The standard InChI is InChI=1S/C13H16N4OS/c1-3-17-11(15-16-13(17)19)8-14-12(18)10-6-4-5-9(2)7-10/h4-7H,3,8H2,1-2H3,(H,14,18)(H,16,19). The maximum Gasteiger partial charge on any atom is 0.251 e. The van der Waals surface area contributed by atoms with E-state index in [4.69, 9.17) is 12.2 Å². The molecule has 0 saturated carbocycles. The summed E-state index contributed by atoms with van der Waals surface area (Å²) in [6.07, 6.45) is 0. The maximum atomic E-state index is 12.0. The van der Waals surface area contributed by atoms with Gasteiger partial charge in [-0.25, -0.2) is 0 Å². The molecule has 5 nitrogen and oxygen atoms in total. The van der Waals surface area contributed by atoms with Crippen molar-refractivity contribution in [2.24, 2.45) is 0 Å². The van der Waals surface area contributed by atoms with Crippen LogP contribution in [0.2, 0.25) is 0 Å². The van der Waals surface area contributed by atoms with E-state index >= 15 is 0 Å². The lowest BCUT2D eigenvalue weighted by Crippen LogP contribution is -2.24. The molecular formula is C13H16N4OS. The monoisotopic (exact) mass is 276 g/mol. The van der Waals surface area contributed by atoms with Crippen molar-refractivity contribution >= 4 is 18.1 Å². The lowest BCUT2D eigenvalue weighted by Gasteiger charge is -2.06. The SMILES string of the molecule is CCn1c(CNC(=O)c2cccc(C)c2)n[nH]c1=S. The van der Waals surface area contributed by atoms with Crippen LogP contribution in [0.3, 0.4) is 0 Å². The van der Waals surface area contributed by atoms with Gasteiger partial charge >= 0.3 is 0 Å². The molecule has 0 atom stereocenters. The van der Waals surface area contributed by atoms with E-state index in [1.165, 1.54) is 0 Å². The number of carbonyl (C=O) groups is 1. The molecule has 1 aromatic heterocycles. The highest BCUT2D eigenvalue weighted by atomic mass is 32.1. The zero-order valence-corrected chi connectivity index (χ0v) is 11.8. The van der Waals surface area contributed by atoms with E-state index < -0.39 is 0 Å². The van der Waals surface area contributed by atoms with E-state index in [1.54, 1.807) is 6.07 Å². The maximum absolute atomic E-state index is 12.0. The number of H-pyrrole nitrogens is 1. The fourth-order valence-electron chi connectivity index (χ4n) is 1.86. The molecule has 0 aliphatic carbocycles. The lowest BCUT2D eigenvalue weighted by atomic mass is 10.1. The summed E-state index contributed by atoms with van der Waals surface area (Å²) >= 11 is 5.09. The summed E-state index contributed by atoms with van der Waals surface area (Å²) in [5.74, 6) is 0.619. The smallest absolute Gasteiger partial charge is 0.251 e. The Balaban J connectivity index is 2.06. The minimum absolute atomic E-state index is 0.111. The summed E-state index contributed by atoms with van der Waals surface area (Å²) in [5, 5.41) is 9.67. The van der Waals surface area contributed by atoms with Gasteiger partial charge in [-0.3, -0.25) is 9.89 Å². The number of carbonyl (C=O) groups excluding carboxylic acids is 1. The zero-order chi connectivity index (χ0) is 13.8. The molecule has 0 saturated heterocycles. The highest BCUT2D eigenvalue weighted by molar-refractivity contribution is 7.71. The highest BCUT2D eigenvalue weighted by Crippen LogP contribution is 2.04. The summed E-state index contributed by atoms with van der Waals surface area (Å²) in [6, 6.07) is 7.47. The Kier molecular flexibility index (Phi) is 4.11. The number of aromatic nitrogens is 3. The first-order chi connectivity index (χ1) is 9.11. The second kappa shape index (κ2) is 5.79. The third kappa shape index (κ3) is 3.08. The number of benzene rings is 1. The first-order valence-corrected chi connectivity index (χ1v) is 6.51. The minimum atomic E-state index is -0.111. The molecule has 2 N–H and O–H groups in total. The van der Waals surface area contributed by atoms with Crippen molar-refractivity contribution in [1.82, 2.24) is 20.1 Å². The molecule has 19 heavy (non-hydrogen) atoms. The first kappa shape index (κ1) is 13.5. The molecule has 0 aliphatic heterocycles. The second-order valence-electron chi connectivity index (χ2n) is 4.24. The van der Waals surface area contributed by atoms with E-state index in [0.29, 0.717) is 16.9 Å². The quantitative estimate of drug-likeness (QED) is 0.842. The largest absolute Gasteiger partial charge is 0.345 e. The Hall–Kier alpha value is -1.95. The van der Waals surface area contributed by atoms with Gasteiger partial charge in [0.05, 0.1) is 6.54 Å². The van der Waals surface area contributed by atoms with Crippen molar-refractivity contribution in [3.05, 3.63) is 46.0 Å². The summed E-state index contributed by atoms with van der Waals surface area (Å²) < 4.78 is 2.42. The van der Waals surface area contributed by atoms with Gasteiger partial charge < -0.3 is 9.88 Å². The normalized spacial score (nSPS) is 10.4. The molecule has 0 unspecified atom stereocenters. The third-order valence-corrected chi connectivity index (χ3v) is 3.15. The van der Waals surface area contributed by atoms with Crippen LogP contribution in [0.4, 0.5) is 0 Å². The molecule has 0 spiro atoms. The molecule has 0 fully saturated rings. The Morgan fingerprint density at radius 1 is 1.53 bits per heavy atom. The third-order valence-electron chi connectivity index (χ3n) is 2.84. The molecule has 0 bridgehead atoms. The van der Waals surface area contributed by atoms with Crippen LogP contribution in [0.1, 0.15) is 28.7 Å². The van der Waals surface area contributed by atoms with Gasteiger partial charge in [-0.2, -0.15) is 5.10 Å². The Bertz CT molecular complexity index is 644. The summed E-state index contributed by atoms with van der Waals surface area (Å²) in [6.45, 7) is 5.02. The number of nitrogens with zero attached hydrogens (tertiary/aromatic N) is 2. The molecule has 1 heterocycles. The lowest BCUT2D eigenvalue weighted by molar-refractivity contribution is 0.0949. The van der Waals surface area contributed by atoms with Crippen LogP contribution in [0.5, 0.6) is 0 Å². The summed E-state index contributed by atoms with van der Waals surface area (Å²) in [7, 11) is 0. The topological polar surface area (TPSA) is 62.7 Å². The van der Waals surface area contributed by atoms with Crippen molar-refractivity contribution in [2.75, 3.05) is 0 Å². The molecular weight excluding hydrogens is 260 g/mol. The number of hydrogen-bond donors (Lipinski definition) is 2. The van der Waals surface area contributed by atoms with E-state index in [2.05, 4.69) is 15.5 Å². The fraction of sp³-hybridized carbons (Fsp3) is 0.308. The van der Waals surface area contributed by atoms with Gasteiger partial charge in [0.25, 0.3) is 5.91 Å². The Morgan fingerprint density at radius 3 is 3.00 bits per heavy atom. The van der Waals surface area contributed by atoms with Crippen molar-refractivity contribution in [3.63, 3.8) is 0 Å². The first-order valence-electron chi connectivity index (χ1n) is 6.10. The highest BCUT2D eigenvalue weighted by Gasteiger charge is 2.08. The van der Waals surface area contributed by atoms with Gasteiger partial charge in [0.2, 0.25) is 0 Å². The second-order valence-corrected chi connectivity index (χ2v) is 4.63. The van der Waals surface area contributed by atoms with Gasteiger partial charge in [0, 0.05) is 12.1 Å². The molecule has 0 aliphatic rings. The minimum Gasteiger partial charge on any atom is -0.345 e. The predicted molar refractivity (Wildman–Crippen MR) is 75.4 cm³/mol. The number of nitrogens with one attached hydrogen (secondary N) is 2. The summed E-state index contributed by atoms with van der Waals surface area (Å²) in [5.41, 5.74) is 1.71. The van der Waals surface area contributed by atoms with Crippen molar-refractivity contribution < 1.29 is 4.79 Å². The molecule has 2 aromatic rings. The van der Waals surface area contributed by atoms with E-state index in [-0.39, 0.29) is 5.91 Å². The van der Waals surface area contributed by atoms with Gasteiger partial charge in [-0.05, 0) is 38.2 Å². The van der Waals surface area contributed by atoms with Gasteiger partial charge in [0.1, 0.15) is 0 Å². The molecule has 6 heteroatoms. The van der Waals surface area contributed by atoms with Crippen molar-refractivity contribution in [1.29, 1.82) is 0 Å². The van der Waals surface area contributed by atoms with Crippen molar-refractivity contribution in [2.45, 2.75) is 26.9 Å².